The van der Waals surface area contributed by atoms with Crippen molar-refractivity contribution >= 4 is 17.9 Å². The van der Waals surface area contributed by atoms with Crippen LogP contribution >= 0.6 is 0 Å². The quantitative estimate of drug-likeness (QED) is 0.524. The summed E-state index contributed by atoms with van der Waals surface area (Å²) in [6, 6.07) is 0. The van der Waals surface area contributed by atoms with Gasteiger partial charge in [0.15, 0.2) is 0 Å². The molecule has 0 atom stereocenters. The van der Waals surface area contributed by atoms with Gasteiger partial charge in [0.1, 0.15) is 0 Å². The molecule has 0 unspecified atom stereocenters. The molecule has 0 aromatic carbocycles. The first-order chi connectivity index (χ1) is 3.55. The highest BCUT2D eigenvalue weighted by molar-refractivity contribution is 6.69. The van der Waals surface area contributed by atoms with Crippen molar-refractivity contribution in [2.75, 3.05) is 7.05 Å². The van der Waals surface area contributed by atoms with Crippen LogP contribution in [-0.4, -0.2) is 29.2 Å². The molecule has 0 amide bonds. The Morgan fingerprint density at radius 1 is 0.875 bits per heavy atom. The van der Waals surface area contributed by atoms with Crippen molar-refractivity contribution in [2.45, 2.75) is 26.2 Å². The lowest BCUT2D eigenvalue weighted by atomic mass is 11.6. The van der Waals surface area contributed by atoms with E-state index < -0.39 is 17.9 Å². The van der Waals surface area contributed by atoms with Crippen LogP contribution in [-0.2, 0) is 0 Å². The maximum absolute atomic E-state index is 2.61. The van der Waals surface area contributed by atoms with Gasteiger partial charge in [-0.25, -0.2) is 0 Å². The highest BCUT2D eigenvalue weighted by atomic mass is 28.3. The molecular weight excluding hydrogens is 130 g/mol. The van der Waals surface area contributed by atoms with Gasteiger partial charge in [-0.2, -0.15) is 0 Å². The van der Waals surface area contributed by atoms with E-state index in [9.17, 15) is 0 Å². The summed E-state index contributed by atoms with van der Waals surface area (Å²) in [5.41, 5.74) is 0. The Morgan fingerprint density at radius 3 is 1.12 bits per heavy atom. The van der Waals surface area contributed by atoms with Gasteiger partial charge in [0, 0.05) is 0 Å². The summed E-state index contributed by atoms with van der Waals surface area (Å²) in [7, 11) is 1.42. The van der Waals surface area contributed by atoms with Crippen molar-refractivity contribution in [3.8, 4) is 0 Å². The Labute approximate surface area is 56.1 Å². The van der Waals surface area contributed by atoms with Gasteiger partial charge in [0.25, 0.3) is 0 Å². The van der Waals surface area contributed by atoms with Crippen molar-refractivity contribution in [1.82, 2.24) is 4.23 Å². The molecule has 8 heavy (non-hydrogen) atoms. The molecule has 0 heterocycles. The standard InChI is InChI=1S/C5H17NSi2/c1-6(7(2)3)8(4)5/h7-8H,1-5H3. The second-order valence-corrected chi connectivity index (χ2v) is 9.45. The van der Waals surface area contributed by atoms with Gasteiger partial charge in [-0.15, -0.1) is 0 Å². The molecule has 0 aromatic rings. The number of rotatable bonds is 2. The molecule has 50 valence electrons. The second kappa shape index (κ2) is 3.43. The van der Waals surface area contributed by atoms with Gasteiger partial charge in [0.2, 0.25) is 0 Å². The van der Waals surface area contributed by atoms with E-state index in [1.54, 1.807) is 0 Å². The topological polar surface area (TPSA) is 3.24 Å². The van der Waals surface area contributed by atoms with Gasteiger partial charge in [-0.05, 0) is 7.05 Å². The van der Waals surface area contributed by atoms with Crippen LogP contribution in [0.2, 0.25) is 26.2 Å². The molecule has 0 aromatic heterocycles. The predicted octanol–water partition coefficient (Wildman–Crippen LogP) is 0.885. The fourth-order valence-corrected chi connectivity index (χ4v) is 5.37. The molecule has 1 nitrogen and oxygen atoms in total. The summed E-state index contributed by atoms with van der Waals surface area (Å²) in [5, 5.41) is 0. The van der Waals surface area contributed by atoms with Crippen LogP contribution < -0.4 is 0 Å². The Morgan fingerprint density at radius 2 is 1.12 bits per heavy atom. The first-order valence-corrected chi connectivity index (χ1v) is 8.92. The number of nitrogens with zero attached hydrogens (tertiary/aromatic N) is 1. The fraction of sp³-hybridized carbons (Fsp3) is 1.00. The highest BCUT2D eigenvalue weighted by Gasteiger charge is 2.07. The Hall–Kier alpha value is 0.394. The molecule has 0 aliphatic rings. The van der Waals surface area contributed by atoms with Crippen molar-refractivity contribution in [2.24, 2.45) is 0 Å². The second-order valence-electron chi connectivity index (χ2n) is 2.85. The summed E-state index contributed by atoms with van der Waals surface area (Å²) in [4.78, 5) is 0. The lowest BCUT2D eigenvalue weighted by molar-refractivity contribution is 0.810. The van der Waals surface area contributed by atoms with Crippen LogP contribution in [0.5, 0.6) is 0 Å². The van der Waals surface area contributed by atoms with Gasteiger partial charge >= 0.3 is 0 Å². The smallest absolute Gasteiger partial charge is 0.0978 e. The van der Waals surface area contributed by atoms with Gasteiger partial charge in [-0.3, -0.25) is 0 Å². The molecule has 0 spiro atoms. The van der Waals surface area contributed by atoms with Gasteiger partial charge < -0.3 is 4.23 Å². The summed E-state index contributed by atoms with van der Waals surface area (Å²) in [6.45, 7) is 9.53. The third-order valence-electron chi connectivity index (χ3n) is 1.63. The molecule has 0 rings (SSSR count). The first-order valence-electron chi connectivity index (χ1n) is 3.27. The number of hydrogen-bond acceptors (Lipinski definition) is 1. The lowest BCUT2D eigenvalue weighted by Gasteiger charge is -2.23. The zero-order chi connectivity index (χ0) is 6.73. The average molecular weight is 147 g/mol. The van der Waals surface area contributed by atoms with E-state index in [0.29, 0.717) is 0 Å². The maximum Gasteiger partial charge on any atom is 0.0978 e. The van der Waals surface area contributed by atoms with E-state index in [0.717, 1.165) is 0 Å². The van der Waals surface area contributed by atoms with Crippen molar-refractivity contribution < 1.29 is 0 Å². The molecule has 3 heteroatoms. The maximum atomic E-state index is 2.61. The molecule has 0 N–H and O–H groups in total. The zero-order valence-electron chi connectivity index (χ0n) is 6.60. The van der Waals surface area contributed by atoms with Crippen LogP contribution in [0.1, 0.15) is 0 Å². The summed E-state index contributed by atoms with van der Waals surface area (Å²) in [6.07, 6.45) is 0. The molecule has 0 saturated carbocycles. The minimum absolute atomic E-state index is 0.427. The van der Waals surface area contributed by atoms with Crippen molar-refractivity contribution in [3.05, 3.63) is 0 Å². The van der Waals surface area contributed by atoms with Crippen molar-refractivity contribution in [1.29, 1.82) is 0 Å². The fourth-order valence-electron chi connectivity index (χ4n) is 0.596. The predicted molar refractivity (Wildman–Crippen MR) is 45.5 cm³/mol. The Balaban J connectivity index is 3.46. The Kier molecular flexibility index (Phi) is 3.59. The molecule has 0 saturated heterocycles. The molecule has 0 aliphatic heterocycles. The van der Waals surface area contributed by atoms with Crippen LogP contribution in [0.3, 0.4) is 0 Å². The SMILES string of the molecule is CN([SiH](C)C)[SiH](C)C. The monoisotopic (exact) mass is 147 g/mol. The van der Waals surface area contributed by atoms with E-state index in [2.05, 4.69) is 37.5 Å². The van der Waals surface area contributed by atoms with Crippen LogP contribution in [0.4, 0.5) is 0 Å². The number of hydrogen-bond donors (Lipinski definition) is 0. The molecule has 0 bridgehead atoms. The average Bonchev–Trinajstić information content (AvgIpc) is 1.64. The zero-order valence-corrected chi connectivity index (χ0v) is 8.91. The molecule has 0 fully saturated rings. The van der Waals surface area contributed by atoms with Crippen molar-refractivity contribution in [3.63, 3.8) is 0 Å². The minimum Gasteiger partial charge on any atom is -0.353 e. The Bertz CT molecular complexity index is 55.4. The summed E-state index contributed by atoms with van der Waals surface area (Å²) < 4.78 is 2.61. The summed E-state index contributed by atoms with van der Waals surface area (Å²) in [5.74, 6) is 0. The van der Waals surface area contributed by atoms with Crippen LogP contribution in [0.25, 0.3) is 0 Å². The van der Waals surface area contributed by atoms with Crippen LogP contribution in [0.15, 0.2) is 0 Å². The van der Waals surface area contributed by atoms with E-state index in [1.165, 1.54) is 0 Å². The third kappa shape index (κ3) is 2.64. The molecule has 0 aliphatic carbocycles. The largest absolute Gasteiger partial charge is 0.353 e. The van der Waals surface area contributed by atoms with Crippen LogP contribution in [0, 0.1) is 0 Å². The molecule has 0 radical (unpaired) electrons. The highest BCUT2D eigenvalue weighted by Crippen LogP contribution is 1.93. The minimum atomic E-state index is -0.427. The molecular formula is C5H17NSi2. The van der Waals surface area contributed by atoms with E-state index in [1.807, 2.05) is 0 Å². The normalized spacial score (nSPS) is 12.0. The van der Waals surface area contributed by atoms with E-state index in [-0.39, 0.29) is 0 Å². The first kappa shape index (κ1) is 8.39. The summed E-state index contributed by atoms with van der Waals surface area (Å²) >= 11 is 0. The lowest BCUT2D eigenvalue weighted by Crippen LogP contribution is -2.39. The van der Waals surface area contributed by atoms with E-state index >= 15 is 0 Å². The van der Waals surface area contributed by atoms with Gasteiger partial charge in [-0.1, -0.05) is 26.2 Å². The van der Waals surface area contributed by atoms with E-state index in [4.69, 9.17) is 0 Å². The third-order valence-corrected chi connectivity index (χ3v) is 8.46. The van der Waals surface area contributed by atoms with Gasteiger partial charge in [0.05, 0.1) is 17.9 Å².